The summed E-state index contributed by atoms with van der Waals surface area (Å²) < 4.78 is 44.1. The van der Waals surface area contributed by atoms with Crippen molar-refractivity contribution in [2.45, 2.75) is 49.3 Å². The molecule has 1 saturated carbocycles. The Balaban J connectivity index is 1.44. The lowest BCUT2D eigenvalue weighted by atomic mass is 9.80. The number of hydrogen-bond donors (Lipinski definition) is 3. The predicted octanol–water partition coefficient (Wildman–Crippen LogP) is 5.30. The molecule has 7 rings (SSSR count). The molecule has 2 fully saturated rings. The Labute approximate surface area is 223 Å². The van der Waals surface area contributed by atoms with Crippen LogP contribution in [0, 0.1) is 11.6 Å². The van der Waals surface area contributed by atoms with E-state index in [0.717, 1.165) is 37.8 Å². The molecule has 3 aliphatic heterocycles. The minimum absolute atomic E-state index is 0.0256. The number of fused-ring (bicyclic) bond motifs is 2. The summed E-state index contributed by atoms with van der Waals surface area (Å²) in [7, 11) is 0. The molecule has 1 saturated heterocycles. The second-order valence-electron chi connectivity index (χ2n) is 10.8. The van der Waals surface area contributed by atoms with Crippen molar-refractivity contribution in [3.05, 3.63) is 75.8 Å². The lowest BCUT2D eigenvalue weighted by Crippen LogP contribution is -2.48. The number of carbonyl (C=O) groups excluding carboxylic acids is 1. The van der Waals surface area contributed by atoms with Gasteiger partial charge >= 0.3 is 0 Å². The molecule has 0 radical (unpaired) electrons. The molecule has 3 heterocycles. The van der Waals surface area contributed by atoms with E-state index in [1.54, 1.807) is 0 Å². The zero-order chi connectivity index (χ0) is 26.2. The lowest BCUT2D eigenvalue weighted by Gasteiger charge is -2.35. The van der Waals surface area contributed by atoms with E-state index >= 15 is 8.78 Å². The number of nitrogens with one attached hydrogen (secondary N) is 2. The number of rotatable bonds is 4. The molecule has 3 aromatic rings. The zero-order valence-electron chi connectivity index (χ0n) is 20.5. The minimum atomic E-state index is -0.861. The number of ether oxygens (including phenoxy) is 2. The molecule has 0 unspecified atom stereocenters. The van der Waals surface area contributed by atoms with Gasteiger partial charge in [-0.1, -0.05) is 41.9 Å². The van der Waals surface area contributed by atoms with Gasteiger partial charge in [-0.25, -0.2) is 8.78 Å². The fraction of sp³-hybridized carbons (Fsp3) is 0.345. The van der Waals surface area contributed by atoms with Gasteiger partial charge in [-0.15, -0.1) is 0 Å². The number of primary amides is 1. The maximum absolute atomic E-state index is 16.3. The predicted molar refractivity (Wildman–Crippen MR) is 140 cm³/mol. The average molecular weight is 538 g/mol. The van der Waals surface area contributed by atoms with Crippen LogP contribution in [0.4, 0.5) is 14.5 Å². The van der Waals surface area contributed by atoms with Crippen molar-refractivity contribution in [2.75, 3.05) is 18.5 Å². The van der Waals surface area contributed by atoms with Gasteiger partial charge in [-0.2, -0.15) is 0 Å². The lowest BCUT2D eigenvalue weighted by molar-refractivity contribution is 0.0539. The average Bonchev–Trinajstić information content (AvgIpc) is 3.29. The number of anilines is 1. The van der Waals surface area contributed by atoms with Crippen LogP contribution in [0.2, 0.25) is 5.02 Å². The molecule has 4 N–H and O–H groups in total. The fourth-order valence-electron chi connectivity index (χ4n) is 6.28. The molecule has 9 heteroatoms. The molecule has 4 aliphatic rings. The third-order valence-corrected chi connectivity index (χ3v) is 8.76. The van der Waals surface area contributed by atoms with Gasteiger partial charge in [0.15, 0.2) is 17.2 Å². The third-order valence-electron chi connectivity index (χ3n) is 8.39. The normalized spacial score (nSPS) is 24.2. The van der Waals surface area contributed by atoms with Gasteiger partial charge in [0.1, 0.15) is 18.2 Å². The molecule has 0 aromatic heterocycles. The van der Waals surface area contributed by atoms with Crippen LogP contribution in [0.1, 0.15) is 47.2 Å². The molecule has 38 heavy (non-hydrogen) atoms. The van der Waals surface area contributed by atoms with Gasteiger partial charge in [0.05, 0.1) is 27.9 Å². The van der Waals surface area contributed by atoms with Crippen molar-refractivity contribution in [1.29, 1.82) is 0 Å². The standard InChI is InChI=1S/C29H26ClF2N3O3/c30-24-18(31)12-20-17(13-29(38-20,21-7-4-10-34-21)15-5-2-1-3-6-15)22(24)23-16(27(33)36)11-19-26(25(23)32)37-14-28(35-19)8-9-28/h1-3,5-6,11-12,21,34-35H,4,7-10,13-14H2,(H2,33,36)/t21-,29-/m0/s1. The number of carbonyl (C=O) groups is 1. The van der Waals surface area contributed by atoms with Crippen molar-refractivity contribution in [1.82, 2.24) is 5.32 Å². The highest BCUT2D eigenvalue weighted by molar-refractivity contribution is 6.34. The molecule has 1 amide bonds. The van der Waals surface area contributed by atoms with Crippen molar-refractivity contribution < 1.29 is 23.0 Å². The Kier molecular flexibility index (Phi) is 5.20. The highest BCUT2D eigenvalue weighted by Gasteiger charge is 2.51. The van der Waals surface area contributed by atoms with Crippen LogP contribution in [0.15, 0.2) is 42.5 Å². The third kappa shape index (κ3) is 3.43. The number of benzene rings is 3. The molecule has 196 valence electrons. The van der Waals surface area contributed by atoms with Gasteiger partial charge in [0.25, 0.3) is 0 Å². The van der Waals surface area contributed by atoms with E-state index in [1.165, 1.54) is 12.1 Å². The first-order valence-corrected chi connectivity index (χ1v) is 13.3. The van der Waals surface area contributed by atoms with E-state index in [-0.39, 0.29) is 44.8 Å². The van der Waals surface area contributed by atoms with Crippen molar-refractivity contribution in [2.24, 2.45) is 5.73 Å². The summed E-state index contributed by atoms with van der Waals surface area (Å²) >= 11 is 6.58. The first-order valence-electron chi connectivity index (χ1n) is 12.9. The Morgan fingerprint density at radius 2 is 1.92 bits per heavy atom. The Morgan fingerprint density at radius 3 is 2.61 bits per heavy atom. The van der Waals surface area contributed by atoms with Gasteiger partial charge in [-0.3, -0.25) is 4.79 Å². The molecule has 2 atom stereocenters. The summed E-state index contributed by atoms with van der Waals surface area (Å²) in [6.07, 6.45) is 3.90. The van der Waals surface area contributed by atoms with Crippen LogP contribution in [-0.2, 0) is 12.0 Å². The first kappa shape index (κ1) is 23.7. The number of amides is 1. The molecule has 1 spiro atoms. The maximum Gasteiger partial charge on any atom is 0.249 e. The Hall–Kier alpha value is -3.36. The van der Waals surface area contributed by atoms with Crippen LogP contribution < -0.4 is 25.8 Å². The van der Waals surface area contributed by atoms with E-state index in [1.807, 2.05) is 30.3 Å². The topological polar surface area (TPSA) is 85.6 Å². The van der Waals surface area contributed by atoms with Crippen LogP contribution in [-0.4, -0.2) is 30.6 Å². The van der Waals surface area contributed by atoms with Crippen molar-refractivity contribution in [3.8, 4) is 22.6 Å². The second-order valence-corrected chi connectivity index (χ2v) is 11.1. The van der Waals surface area contributed by atoms with Crippen LogP contribution in [0.5, 0.6) is 11.5 Å². The molecular formula is C29H26ClF2N3O3. The van der Waals surface area contributed by atoms with Crippen LogP contribution in [0.3, 0.4) is 0 Å². The highest BCUT2D eigenvalue weighted by atomic mass is 35.5. The van der Waals surface area contributed by atoms with Gasteiger partial charge in [0, 0.05) is 29.2 Å². The van der Waals surface area contributed by atoms with E-state index in [9.17, 15) is 4.79 Å². The van der Waals surface area contributed by atoms with Gasteiger partial charge < -0.3 is 25.8 Å². The van der Waals surface area contributed by atoms with E-state index in [4.69, 9.17) is 26.8 Å². The molecule has 3 aromatic carbocycles. The molecule has 6 nitrogen and oxygen atoms in total. The molecule has 0 bridgehead atoms. The maximum atomic E-state index is 16.3. The summed E-state index contributed by atoms with van der Waals surface area (Å²) in [4.78, 5) is 12.7. The zero-order valence-corrected chi connectivity index (χ0v) is 21.3. The molecule has 1 aliphatic carbocycles. The quantitative estimate of drug-likeness (QED) is 0.420. The second kappa shape index (κ2) is 8.32. The summed E-state index contributed by atoms with van der Waals surface area (Å²) in [6.45, 7) is 1.13. The smallest absolute Gasteiger partial charge is 0.249 e. The summed E-state index contributed by atoms with van der Waals surface area (Å²) in [6, 6.07) is 12.4. The Bertz CT molecular complexity index is 1490. The first-order chi connectivity index (χ1) is 18.3. The van der Waals surface area contributed by atoms with E-state index in [0.29, 0.717) is 24.3 Å². The number of nitrogens with two attached hydrogens (primary N) is 1. The minimum Gasteiger partial charge on any atom is -0.486 e. The SMILES string of the molecule is NC(=O)c1cc2c(c(F)c1-c1c(Cl)c(F)cc3c1C[C@](c1ccccc1)([C@@H]1CCCN1)O3)OCC1(CC1)N2. The van der Waals surface area contributed by atoms with Gasteiger partial charge in [0.2, 0.25) is 5.91 Å². The summed E-state index contributed by atoms with van der Waals surface area (Å²) in [5, 5.41) is 6.54. The Morgan fingerprint density at radius 1 is 1.13 bits per heavy atom. The van der Waals surface area contributed by atoms with Gasteiger partial charge in [-0.05, 0) is 43.9 Å². The highest BCUT2D eigenvalue weighted by Crippen LogP contribution is 2.54. The largest absolute Gasteiger partial charge is 0.486 e. The van der Waals surface area contributed by atoms with Crippen molar-refractivity contribution >= 4 is 23.2 Å². The van der Waals surface area contributed by atoms with E-state index < -0.39 is 23.1 Å². The van der Waals surface area contributed by atoms with Crippen molar-refractivity contribution in [3.63, 3.8) is 0 Å². The van der Waals surface area contributed by atoms with Crippen LogP contribution >= 0.6 is 11.6 Å². The summed E-state index contributed by atoms with van der Waals surface area (Å²) in [5.41, 5.74) is 6.26. The summed E-state index contributed by atoms with van der Waals surface area (Å²) in [5.74, 6) is -2.18. The molecular weight excluding hydrogens is 512 g/mol. The fourth-order valence-corrected chi connectivity index (χ4v) is 6.54. The van der Waals surface area contributed by atoms with Crippen LogP contribution in [0.25, 0.3) is 11.1 Å². The monoisotopic (exact) mass is 537 g/mol. The number of halogens is 3. The number of hydrogen-bond acceptors (Lipinski definition) is 5. The van der Waals surface area contributed by atoms with E-state index in [2.05, 4.69) is 10.6 Å².